The average Bonchev–Trinajstić information content (AvgIpc) is 2.80. The van der Waals surface area contributed by atoms with Crippen molar-refractivity contribution in [2.75, 3.05) is 31.0 Å². The van der Waals surface area contributed by atoms with Crippen molar-refractivity contribution in [2.45, 2.75) is 45.4 Å². The quantitative estimate of drug-likeness (QED) is 0.570. The number of likely N-dealkylation sites (tertiary alicyclic amines) is 1. The van der Waals surface area contributed by atoms with Crippen molar-refractivity contribution in [3.63, 3.8) is 0 Å². The van der Waals surface area contributed by atoms with Crippen LogP contribution in [-0.4, -0.2) is 51.5 Å². The summed E-state index contributed by atoms with van der Waals surface area (Å²) in [7, 11) is -3.77. The topological polar surface area (TPSA) is 102 Å². The van der Waals surface area contributed by atoms with Gasteiger partial charge in [-0.25, -0.2) is 8.42 Å². The molecule has 0 atom stereocenters. The summed E-state index contributed by atoms with van der Waals surface area (Å²) >= 11 is 0. The summed E-state index contributed by atoms with van der Waals surface area (Å²) in [6.45, 7) is 8.56. The molecule has 184 valence electrons. The van der Waals surface area contributed by atoms with E-state index in [9.17, 15) is 18.0 Å². The van der Waals surface area contributed by atoms with Crippen LogP contribution in [0.1, 0.15) is 36.5 Å². The van der Waals surface area contributed by atoms with E-state index in [1.165, 1.54) is 12.1 Å². The Morgan fingerprint density at radius 1 is 1.00 bits per heavy atom. The lowest BCUT2D eigenvalue weighted by atomic mass is 9.97. The van der Waals surface area contributed by atoms with Crippen molar-refractivity contribution in [2.24, 2.45) is 5.92 Å². The predicted octanol–water partition coefficient (Wildman–Crippen LogP) is 3.59. The maximum atomic E-state index is 12.8. The molecule has 2 aromatic rings. The molecule has 9 heteroatoms. The van der Waals surface area contributed by atoms with Gasteiger partial charge in [0.1, 0.15) is 5.75 Å². The highest BCUT2D eigenvalue weighted by Crippen LogP contribution is 2.25. The van der Waals surface area contributed by atoms with Crippen LogP contribution in [0.4, 0.5) is 5.69 Å². The van der Waals surface area contributed by atoms with Gasteiger partial charge in [0.2, 0.25) is 0 Å². The Bertz CT molecular complexity index is 1150. The first-order valence-corrected chi connectivity index (χ1v) is 12.9. The van der Waals surface area contributed by atoms with Crippen molar-refractivity contribution in [3.05, 3.63) is 53.1 Å². The van der Waals surface area contributed by atoms with Gasteiger partial charge in [-0.15, -0.1) is 0 Å². The number of ether oxygens (including phenoxy) is 2. The van der Waals surface area contributed by atoms with Gasteiger partial charge in [0, 0.05) is 18.8 Å². The van der Waals surface area contributed by atoms with Crippen molar-refractivity contribution in [3.8, 4) is 5.75 Å². The summed E-state index contributed by atoms with van der Waals surface area (Å²) in [5.41, 5.74) is 3.18. The molecule has 1 aliphatic rings. The van der Waals surface area contributed by atoms with Gasteiger partial charge in [0.15, 0.2) is 6.61 Å². The van der Waals surface area contributed by atoms with Gasteiger partial charge in [-0.2, -0.15) is 0 Å². The van der Waals surface area contributed by atoms with Gasteiger partial charge >= 0.3 is 5.97 Å². The normalized spacial score (nSPS) is 14.5. The minimum Gasteiger partial charge on any atom is -0.483 e. The van der Waals surface area contributed by atoms with Crippen LogP contribution in [0.3, 0.4) is 0 Å². The summed E-state index contributed by atoms with van der Waals surface area (Å²) in [4.78, 5) is 26.2. The van der Waals surface area contributed by atoms with E-state index in [0.717, 1.165) is 11.1 Å². The minimum absolute atomic E-state index is 0.114. The molecular weight excluding hydrogens is 456 g/mol. The number of amides is 1. The van der Waals surface area contributed by atoms with Crippen molar-refractivity contribution < 1.29 is 27.5 Å². The summed E-state index contributed by atoms with van der Waals surface area (Å²) in [6.07, 6.45) is 1.15. The predicted molar refractivity (Wildman–Crippen MR) is 129 cm³/mol. The third-order valence-corrected chi connectivity index (χ3v) is 7.41. The van der Waals surface area contributed by atoms with E-state index in [4.69, 9.17) is 9.47 Å². The van der Waals surface area contributed by atoms with Crippen molar-refractivity contribution >= 4 is 27.6 Å². The van der Waals surface area contributed by atoms with Gasteiger partial charge in [0.05, 0.1) is 17.4 Å². The second-order valence-electron chi connectivity index (χ2n) is 8.53. The van der Waals surface area contributed by atoms with Gasteiger partial charge in [0.25, 0.3) is 15.9 Å². The lowest BCUT2D eigenvalue weighted by Crippen LogP contribution is -2.42. The Kier molecular flexibility index (Phi) is 8.19. The summed E-state index contributed by atoms with van der Waals surface area (Å²) in [5, 5.41) is 0. The Morgan fingerprint density at radius 2 is 1.71 bits per heavy atom. The van der Waals surface area contributed by atoms with E-state index >= 15 is 0 Å². The molecule has 1 saturated heterocycles. The molecule has 0 saturated carbocycles. The van der Waals surface area contributed by atoms with Crippen LogP contribution < -0.4 is 9.46 Å². The van der Waals surface area contributed by atoms with E-state index in [0.29, 0.717) is 49.5 Å². The standard InChI is InChI=1S/C25H32N2O6S/c1-5-32-25(29)20-10-12-27(13-11-20)24(28)16-33-23-9-8-22(15-19(23)4)34(30,31)26-21-7-6-17(2)18(3)14-21/h6-9,14-15,20,26H,5,10-13,16H2,1-4H3. The van der Waals surface area contributed by atoms with Crippen LogP contribution in [0.15, 0.2) is 41.3 Å². The molecular formula is C25H32N2O6S. The largest absolute Gasteiger partial charge is 0.483 e. The van der Waals surface area contributed by atoms with Crippen LogP contribution in [-0.2, 0) is 24.3 Å². The van der Waals surface area contributed by atoms with E-state index in [-0.39, 0.29) is 29.3 Å². The second kappa shape index (κ2) is 10.9. The van der Waals surface area contributed by atoms with E-state index in [1.54, 1.807) is 36.9 Å². The number of nitrogens with one attached hydrogen (secondary N) is 1. The number of esters is 1. The lowest BCUT2D eigenvalue weighted by molar-refractivity contribution is -0.151. The van der Waals surface area contributed by atoms with Crippen LogP contribution in [0.5, 0.6) is 5.75 Å². The first kappa shape index (κ1) is 25.6. The van der Waals surface area contributed by atoms with Crippen molar-refractivity contribution in [1.82, 2.24) is 4.90 Å². The van der Waals surface area contributed by atoms with E-state index in [1.807, 2.05) is 19.9 Å². The van der Waals surface area contributed by atoms with Crippen LogP contribution in [0.2, 0.25) is 0 Å². The molecule has 1 heterocycles. The molecule has 1 fully saturated rings. The minimum atomic E-state index is -3.77. The SMILES string of the molecule is CCOC(=O)C1CCN(C(=O)COc2ccc(S(=O)(=O)Nc3ccc(C)c(C)c3)cc2C)CC1. The number of carbonyl (C=O) groups is 2. The third-order valence-electron chi connectivity index (χ3n) is 6.03. The number of piperidine rings is 1. The van der Waals surface area contributed by atoms with Crippen molar-refractivity contribution in [1.29, 1.82) is 0 Å². The number of rotatable bonds is 8. The molecule has 3 rings (SSSR count). The maximum Gasteiger partial charge on any atom is 0.309 e. The molecule has 1 amide bonds. The molecule has 34 heavy (non-hydrogen) atoms. The Balaban J connectivity index is 1.57. The molecule has 1 N–H and O–H groups in total. The van der Waals surface area contributed by atoms with Gasteiger partial charge in [-0.05, 0) is 87.6 Å². The van der Waals surface area contributed by atoms with Gasteiger partial charge in [-0.3, -0.25) is 14.3 Å². The summed E-state index contributed by atoms with van der Waals surface area (Å²) < 4.78 is 38.9. The van der Waals surface area contributed by atoms with Crippen LogP contribution >= 0.6 is 0 Å². The Hall–Kier alpha value is -3.07. The highest BCUT2D eigenvalue weighted by molar-refractivity contribution is 7.92. The zero-order valence-corrected chi connectivity index (χ0v) is 20.9. The molecule has 2 aromatic carbocycles. The number of aryl methyl sites for hydroxylation is 3. The molecule has 1 aliphatic heterocycles. The maximum absolute atomic E-state index is 12.8. The van der Waals surface area contributed by atoms with Crippen LogP contribution in [0, 0.1) is 26.7 Å². The fourth-order valence-corrected chi connectivity index (χ4v) is 4.96. The average molecular weight is 489 g/mol. The Labute approximate surface area is 201 Å². The zero-order chi connectivity index (χ0) is 24.9. The van der Waals surface area contributed by atoms with Gasteiger partial charge in [-0.1, -0.05) is 6.07 Å². The number of sulfonamides is 1. The monoisotopic (exact) mass is 488 g/mol. The molecule has 0 aliphatic carbocycles. The second-order valence-corrected chi connectivity index (χ2v) is 10.2. The van der Waals surface area contributed by atoms with E-state index in [2.05, 4.69) is 4.72 Å². The fourth-order valence-electron chi connectivity index (χ4n) is 3.83. The zero-order valence-electron chi connectivity index (χ0n) is 20.1. The summed E-state index contributed by atoms with van der Waals surface area (Å²) in [6, 6.07) is 9.93. The third kappa shape index (κ3) is 6.28. The number of benzene rings is 2. The lowest BCUT2D eigenvalue weighted by Gasteiger charge is -2.30. The number of nitrogens with zero attached hydrogens (tertiary/aromatic N) is 1. The molecule has 0 unspecified atom stereocenters. The number of carbonyl (C=O) groups excluding carboxylic acids is 2. The molecule has 0 spiro atoms. The highest BCUT2D eigenvalue weighted by atomic mass is 32.2. The summed E-state index contributed by atoms with van der Waals surface area (Å²) in [5.74, 6) is -0.0997. The molecule has 0 aromatic heterocycles. The molecule has 8 nitrogen and oxygen atoms in total. The first-order valence-electron chi connectivity index (χ1n) is 11.4. The fraction of sp³-hybridized carbons (Fsp3) is 0.440. The highest BCUT2D eigenvalue weighted by Gasteiger charge is 2.28. The molecule has 0 radical (unpaired) electrons. The number of hydrogen-bond donors (Lipinski definition) is 1. The van der Waals surface area contributed by atoms with Crippen LogP contribution in [0.25, 0.3) is 0 Å². The van der Waals surface area contributed by atoms with E-state index < -0.39 is 10.0 Å². The first-order chi connectivity index (χ1) is 16.1. The molecule has 0 bridgehead atoms. The Morgan fingerprint density at radius 3 is 2.32 bits per heavy atom. The van der Waals surface area contributed by atoms with Gasteiger partial charge < -0.3 is 14.4 Å². The number of anilines is 1. The number of hydrogen-bond acceptors (Lipinski definition) is 6. The smallest absolute Gasteiger partial charge is 0.309 e.